The van der Waals surface area contributed by atoms with Crippen LogP contribution < -0.4 is 0 Å². The maximum absolute atomic E-state index is 13.6. The third-order valence-corrected chi connectivity index (χ3v) is 10.1. The number of carbonyl (C=O) groups excluding carboxylic acids is 1. The number of aliphatic hydroxyl groups is 1. The quantitative estimate of drug-likeness (QED) is 0.0508. The lowest BCUT2D eigenvalue weighted by Gasteiger charge is -2.27. The van der Waals surface area contributed by atoms with Gasteiger partial charge in [-0.25, -0.2) is 0 Å². The molecule has 0 aliphatic rings. The second-order valence-electron chi connectivity index (χ2n) is 12.6. The molecular weight excluding hydrogens is 527 g/mol. The van der Waals surface area contributed by atoms with Gasteiger partial charge in [0.2, 0.25) is 5.91 Å². The van der Waals surface area contributed by atoms with Crippen molar-refractivity contribution in [3.8, 4) is 0 Å². The summed E-state index contributed by atoms with van der Waals surface area (Å²) < 4.78 is 12.6. The van der Waals surface area contributed by atoms with Crippen molar-refractivity contribution in [1.29, 1.82) is 0 Å². The number of allylic oxidation sites excluding steroid dienone is 1. The molecule has 0 saturated heterocycles. The van der Waals surface area contributed by atoms with Crippen molar-refractivity contribution in [2.24, 2.45) is 5.92 Å². The largest absolute Gasteiger partial charge is 0.386 e. The van der Waals surface area contributed by atoms with Crippen LogP contribution in [0.15, 0.2) is 12.2 Å². The average Bonchev–Trinajstić information content (AvgIpc) is 2.96. The first-order valence-corrected chi connectivity index (χ1v) is 19.4. The molecule has 0 aromatic carbocycles. The summed E-state index contributed by atoms with van der Waals surface area (Å²) in [5, 5.41) is 10.6. The summed E-state index contributed by atoms with van der Waals surface area (Å²) in [6, 6.07) is 0. The van der Waals surface area contributed by atoms with E-state index in [4.69, 9.17) is 0 Å². The summed E-state index contributed by atoms with van der Waals surface area (Å²) in [6.07, 6.45) is 30.4. The first kappa shape index (κ1) is 40.4. The van der Waals surface area contributed by atoms with Crippen LogP contribution in [0.5, 0.6) is 0 Å². The summed E-state index contributed by atoms with van der Waals surface area (Å²) in [4.78, 5) is 17.5. The number of aliphatic hydroxyl groups excluding tert-OH is 1. The third-order valence-electron chi connectivity index (χ3n) is 8.38. The molecule has 0 aliphatic carbocycles. The van der Waals surface area contributed by atoms with Crippen LogP contribution in [0.3, 0.4) is 0 Å². The molecule has 0 spiro atoms. The van der Waals surface area contributed by atoms with Gasteiger partial charge in [-0.15, -0.1) is 0 Å². The van der Waals surface area contributed by atoms with E-state index < -0.39 is 13.6 Å². The van der Waals surface area contributed by atoms with E-state index in [0.29, 0.717) is 25.7 Å². The van der Waals surface area contributed by atoms with E-state index >= 15 is 0 Å². The molecular formula is C35H71N2O3P. The number of nitrogens with zero attached hydrogens (tertiary/aromatic N) is 2. The SMILES string of the molecule is CCCCCCCCCCCC=CCN(CCC(O)[PH](=O)CCN(C)C)C(=O)C(CC)CCCCCCCCCC. The van der Waals surface area contributed by atoms with Gasteiger partial charge in [0.15, 0.2) is 0 Å². The van der Waals surface area contributed by atoms with Crippen molar-refractivity contribution in [2.75, 3.05) is 39.9 Å². The molecule has 0 rings (SSSR count). The number of amides is 1. The third kappa shape index (κ3) is 24.5. The average molecular weight is 599 g/mol. The van der Waals surface area contributed by atoms with Gasteiger partial charge < -0.3 is 19.5 Å². The highest BCUT2D eigenvalue weighted by Gasteiger charge is 2.23. The topological polar surface area (TPSA) is 60.9 Å². The number of rotatable bonds is 30. The van der Waals surface area contributed by atoms with Gasteiger partial charge in [-0.05, 0) is 46.2 Å². The maximum atomic E-state index is 13.6. The molecule has 0 aromatic heterocycles. The summed E-state index contributed by atoms with van der Waals surface area (Å²) in [5.74, 6) is -0.555. The standard InChI is InChI=1S/C35H71N2O3P/c1-6-9-11-13-15-17-18-19-20-22-24-26-29-37(30-28-34(38)41(40)32-31-36(4)5)35(39)33(8-3)27-25-23-21-16-14-12-10-7-2/h24,26,33-34,38,41H,6-23,25,27-32H2,1-5H3. The van der Waals surface area contributed by atoms with Crippen LogP contribution in [0.2, 0.25) is 0 Å². The zero-order chi connectivity index (χ0) is 30.6. The Morgan fingerprint density at radius 1 is 0.707 bits per heavy atom. The first-order chi connectivity index (χ1) is 19.9. The van der Waals surface area contributed by atoms with Gasteiger partial charge in [0.05, 0.1) is 0 Å². The Morgan fingerprint density at radius 2 is 1.22 bits per heavy atom. The highest BCUT2D eigenvalue weighted by atomic mass is 31.1. The lowest BCUT2D eigenvalue weighted by Crippen LogP contribution is -2.38. The Kier molecular flexibility index (Phi) is 29.0. The Balaban J connectivity index is 4.70. The van der Waals surface area contributed by atoms with E-state index in [9.17, 15) is 14.5 Å². The fourth-order valence-corrected chi connectivity index (χ4v) is 6.86. The lowest BCUT2D eigenvalue weighted by molar-refractivity contribution is -0.135. The molecule has 41 heavy (non-hydrogen) atoms. The minimum Gasteiger partial charge on any atom is -0.386 e. The van der Waals surface area contributed by atoms with Crippen LogP contribution in [0.4, 0.5) is 0 Å². The van der Waals surface area contributed by atoms with Crippen molar-refractivity contribution in [3.05, 3.63) is 12.2 Å². The molecule has 1 N–H and O–H groups in total. The summed E-state index contributed by atoms with van der Waals surface area (Å²) in [7, 11) is 1.84. The molecule has 0 saturated carbocycles. The fourth-order valence-electron chi connectivity index (χ4n) is 5.41. The maximum Gasteiger partial charge on any atom is 0.225 e. The molecule has 3 unspecified atom stereocenters. The molecule has 6 heteroatoms. The van der Waals surface area contributed by atoms with E-state index in [0.717, 1.165) is 32.2 Å². The van der Waals surface area contributed by atoms with E-state index in [-0.39, 0.29) is 11.8 Å². The smallest absolute Gasteiger partial charge is 0.225 e. The van der Waals surface area contributed by atoms with Crippen molar-refractivity contribution in [3.63, 3.8) is 0 Å². The van der Waals surface area contributed by atoms with Crippen LogP contribution in [0.1, 0.15) is 156 Å². The van der Waals surface area contributed by atoms with Crippen LogP contribution in [0.25, 0.3) is 0 Å². The summed E-state index contributed by atoms with van der Waals surface area (Å²) in [5.41, 5.74) is 0. The predicted octanol–water partition coefficient (Wildman–Crippen LogP) is 9.68. The van der Waals surface area contributed by atoms with E-state index in [1.807, 2.05) is 23.9 Å². The minimum atomic E-state index is -2.08. The highest BCUT2D eigenvalue weighted by molar-refractivity contribution is 7.45. The fraction of sp³-hybridized carbons (Fsp3) is 0.914. The molecule has 0 bridgehead atoms. The van der Waals surface area contributed by atoms with Gasteiger partial charge >= 0.3 is 0 Å². The van der Waals surface area contributed by atoms with Gasteiger partial charge in [-0.3, -0.25) is 4.79 Å². The number of unbranched alkanes of at least 4 members (excludes halogenated alkanes) is 16. The second kappa shape index (κ2) is 29.4. The number of hydrogen-bond donors (Lipinski definition) is 1. The predicted molar refractivity (Wildman–Crippen MR) is 182 cm³/mol. The lowest BCUT2D eigenvalue weighted by atomic mass is 9.96. The van der Waals surface area contributed by atoms with Gasteiger partial charge in [0.25, 0.3) is 0 Å². The van der Waals surface area contributed by atoms with Crippen molar-refractivity contribution in [2.45, 2.75) is 161 Å². The van der Waals surface area contributed by atoms with Gasteiger partial charge in [0, 0.05) is 31.7 Å². The van der Waals surface area contributed by atoms with Gasteiger partial charge in [-0.1, -0.05) is 136 Å². The molecule has 244 valence electrons. The van der Waals surface area contributed by atoms with Crippen LogP contribution in [-0.4, -0.2) is 66.6 Å². The monoisotopic (exact) mass is 599 g/mol. The summed E-state index contributed by atoms with van der Waals surface area (Å²) >= 11 is 0. The Bertz CT molecular complexity index is 641. The van der Waals surface area contributed by atoms with E-state index in [1.54, 1.807) is 0 Å². The second-order valence-corrected chi connectivity index (χ2v) is 14.7. The number of hydrogen-bond acceptors (Lipinski definition) is 4. The zero-order valence-electron chi connectivity index (χ0n) is 28.1. The van der Waals surface area contributed by atoms with E-state index in [2.05, 4.69) is 32.9 Å². The number of carbonyl (C=O) groups is 1. The van der Waals surface area contributed by atoms with E-state index in [1.165, 1.54) is 103 Å². The minimum absolute atomic E-state index is 0.0451. The van der Waals surface area contributed by atoms with Crippen LogP contribution >= 0.6 is 7.80 Å². The summed E-state index contributed by atoms with van der Waals surface area (Å²) in [6.45, 7) is 8.44. The Labute approximate surface area is 257 Å². The molecule has 0 heterocycles. The van der Waals surface area contributed by atoms with Crippen LogP contribution in [0, 0.1) is 5.92 Å². The molecule has 0 fully saturated rings. The molecule has 5 nitrogen and oxygen atoms in total. The van der Waals surface area contributed by atoms with Crippen LogP contribution in [-0.2, 0) is 9.36 Å². The molecule has 0 radical (unpaired) electrons. The zero-order valence-corrected chi connectivity index (χ0v) is 29.1. The highest BCUT2D eigenvalue weighted by Crippen LogP contribution is 2.28. The molecule has 3 atom stereocenters. The van der Waals surface area contributed by atoms with Gasteiger partial charge in [0.1, 0.15) is 13.6 Å². The molecule has 0 aliphatic heterocycles. The molecule has 1 amide bonds. The van der Waals surface area contributed by atoms with Crippen molar-refractivity contribution in [1.82, 2.24) is 9.80 Å². The normalized spacial score (nSPS) is 14.1. The van der Waals surface area contributed by atoms with Gasteiger partial charge in [-0.2, -0.15) is 0 Å². The molecule has 0 aromatic rings. The first-order valence-electron chi connectivity index (χ1n) is 17.7. The van der Waals surface area contributed by atoms with Crippen molar-refractivity contribution < 1.29 is 14.5 Å². The Hall–Kier alpha value is -0.640. The van der Waals surface area contributed by atoms with Crippen molar-refractivity contribution >= 4 is 13.7 Å². The Morgan fingerprint density at radius 3 is 1.73 bits per heavy atom.